The Kier molecular flexibility index (Phi) is 3.81. The topological polar surface area (TPSA) is 76.2 Å². The Morgan fingerprint density at radius 2 is 1.81 bits per heavy atom. The monoisotopic (exact) mass is 361 g/mol. The van der Waals surface area contributed by atoms with Crippen LogP contribution in [0.5, 0.6) is 11.5 Å². The summed E-state index contributed by atoms with van der Waals surface area (Å²) in [5.74, 6) is 2.65. The maximum atomic E-state index is 12.3. The molecule has 0 saturated heterocycles. The molecule has 0 spiro atoms. The fourth-order valence-electron chi connectivity index (χ4n) is 3.27. The molecule has 5 rings (SSSR count). The normalized spacial score (nSPS) is 15.0. The molecule has 27 heavy (non-hydrogen) atoms. The molecule has 1 amide bonds. The maximum absolute atomic E-state index is 12.3. The number of hydrogen-bond donors (Lipinski definition) is 2. The summed E-state index contributed by atoms with van der Waals surface area (Å²) < 4.78 is 10.8. The lowest BCUT2D eigenvalue weighted by molar-refractivity contribution is -0.115. The molecule has 6 heteroatoms. The van der Waals surface area contributed by atoms with E-state index in [-0.39, 0.29) is 12.7 Å². The number of nitrogens with zero attached hydrogens (tertiary/aromatic N) is 1. The van der Waals surface area contributed by atoms with Crippen LogP contribution < -0.4 is 14.8 Å². The molecule has 2 N–H and O–H groups in total. The van der Waals surface area contributed by atoms with Crippen molar-refractivity contribution in [1.29, 1.82) is 0 Å². The maximum Gasteiger partial charge on any atom is 0.231 e. The number of ether oxygens (including phenoxy) is 2. The van der Waals surface area contributed by atoms with Gasteiger partial charge in [0.05, 0.1) is 6.42 Å². The van der Waals surface area contributed by atoms with Gasteiger partial charge < -0.3 is 14.8 Å². The molecule has 2 aromatic carbocycles. The summed E-state index contributed by atoms with van der Waals surface area (Å²) >= 11 is 0. The fourth-order valence-corrected chi connectivity index (χ4v) is 3.27. The van der Waals surface area contributed by atoms with Crippen molar-refractivity contribution in [2.75, 3.05) is 12.1 Å². The lowest BCUT2D eigenvalue weighted by atomic mass is 10.0. The Hall–Kier alpha value is -3.28. The third-order valence-electron chi connectivity index (χ3n) is 4.91. The van der Waals surface area contributed by atoms with Gasteiger partial charge in [-0.25, -0.2) is 0 Å². The van der Waals surface area contributed by atoms with Crippen molar-refractivity contribution in [1.82, 2.24) is 10.2 Å². The van der Waals surface area contributed by atoms with Crippen molar-refractivity contribution < 1.29 is 14.3 Å². The number of fused-ring (bicyclic) bond motifs is 1. The summed E-state index contributed by atoms with van der Waals surface area (Å²) in [7, 11) is 0. The highest BCUT2D eigenvalue weighted by molar-refractivity contribution is 5.91. The van der Waals surface area contributed by atoms with Gasteiger partial charge in [0, 0.05) is 17.7 Å². The minimum absolute atomic E-state index is 0.0697. The van der Waals surface area contributed by atoms with E-state index in [1.807, 2.05) is 48.5 Å². The smallest absolute Gasteiger partial charge is 0.231 e. The number of anilines is 1. The summed E-state index contributed by atoms with van der Waals surface area (Å²) in [6.07, 6.45) is 2.71. The van der Waals surface area contributed by atoms with Crippen LogP contribution in [0.3, 0.4) is 0 Å². The molecule has 0 atom stereocenters. The highest BCUT2D eigenvalue weighted by Crippen LogP contribution is 2.39. The van der Waals surface area contributed by atoms with E-state index in [2.05, 4.69) is 15.5 Å². The first-order valence-corrected chi connectivity index (χ1v) is 9.09. The Balaban J connectivity index is 1.23. The first kappa shape index (κ1) is 15.9. The fraction of sp³-hybridized carbons (Fsp3) is 0.238. The summed E-state index contributed by atoms with van der Waals surface area (Å²) in [5, 5.41) is 10.0. The SMILES string of the molecule is O=C(Cc1ccc(-c2ccc3c(c2)OCO3)cc1)Nc1cc(C2CC2)[nH]n1. The number of nitrogens with one attached hydrogen (secondary N) is 2. The van der Waals surface area contributed by atoms with Gasteiger partial charge in [-0.05, 0) is 41.7 Å². The number of benzene rings is 2. The van der Waals surface area contributed by atoms with Crippen LogP contribution >= 0.6 is 0 Å². The molecular weight excluding hydrogens is 342 g/mol. The minimum atomic E-state index is -0.0697. The van der Waals surface area contributed by atoms with E-state index >= 15 is 0 Å². The van der Waals surface area contributed by atoms with Crippen molar-refractivity contribution >= 4 is 11.7 Å². The lowest BCUT2D eigenvalue weighted by Gasteiger charge is -2.06. The summed E-state index contributed by atoms with van der Waals surface area (Å²) in [6.45, 7) is 0.269. The van der Waals surface area contributed by atoms with Crippen LogP contribution in [0.15, 0.2) is 48.5 Å². The Morgan fingerprint density at radius 1 is 1.04 bits per heavy atom. The molecular formula is C21H19N3O3. The van der Waals surface area contributed by atoms with Gasteiger partial charge in [0.15, 0.2) is 17.3 Å². The number of H-pyrrole nitrogens is 1. The highest BCUT2D eigenvalue weighted by atomic mass is 16.7. The predicted octanol–water partition coefficient (Wildman–Crippen LogP) is 3.86. The Bertz CT molecular complexity index is 990. The number of amides is 1. The van der Waals surface area contributed by atoms with Crippen LogP contribution in [0.25, 0.3) is 11.1 Å². The molecule has 1 saturated carbocycles. The van der Waals surface area contributed by atoms with Crippen LogP contribution in [-0.4, -0.2) is 22.9 Å². The number of carbonyl (C=O) groups excluding carboxylic acids is 1. The van der Waals surface area contributed by atoms with Gasteiger partial charge in [-0.1, -0.05) is 30.3 Å². The van der Waals surface area contributed by atoms with Gasteiger partial charge in [0.25, 0.3) is 0 Å². The molecule has 3 aromatic rings. The van der Waals surface area contributed by atoms with Crippen molar-refractivity contribution in [3.05, 3.63) is 59.8 Å². The number of rotatable bonds is 5. The standard InChI is InChI=1S/C21H19N3O3/c25-21(22-20-11-17(23-24-20)15-5-6-15)9-13-1-3-14(4-2-13)16-7-8-18-19(10-16)27-12-26-18/h1-4,7-8,10-11,15H,5-6,9,12H2,(H2,22,23,24,25). The predicted molar refractivity (Wildman–Crippen MR) is 101 cm³/mol. The third kappa shape index (κ3) is 3.38. The molecule has 1 fully saturated rings. The van der Waals surface area contributed by atoms with E-state index in [4.69, 9.17) is 9.47 Å². The number of aromatic amines is 1. The summed E-state index contributed by atoms with van der Waals surface area (Å²) in [5.41, 5.74) is 4.19. The van der Waals surface area contributed by atoms with Gasteiger partial charge >= 0.3 is 0 Å². The molecule has 2 aliphatic rings. The van der Waals surface area contributed by atoms with Crippen molar-refractivity contribution in [3.8, 4) is 22.6 Å². The zero-order valence-corrected chi connectivity index (χ0v) is 14.7. The van der Waals surface area contributed by atoms with Crippen LogP contribution in [0.1, 0.15) is 30.0 Å². The second-order valence-electron chi connectivity index (χ2n) is 6.97. The Morgan fingerprint density at radius 3 is 2.63 bits per heavy atom. The van der Waals surface area contributed by atoms with Gasteiger partial charge in [-0.15, -0.1) is 0 Å². The zero-order valence-electron chi connectivity index (χ0n) is 14.7. The average molecular weight is 361 g/mol. The van der Waals surface area contributed by atoms with Gasteiger partial charge in [-0.3, -0.25) is 9.89 Å². The molecule has 6 nitrogen and oxygen atoms in total. The van der Waals surface area contributed by atoms with Gasteiger partial charge in [0.1, 0.15) is 0 Å². The molecule has 1 aliphatic heterocycles. The number of aromatic nitrogens is 2. The minimum Gasteiger partial charge on any atom is -0.454 e. The molecule has 1 aromatic heterocycles. The van der Waals surface area contributed by atoms with Crippen LogP contribution in [-0.2, 0) is 11.2 Å². The molecule has 0 unspecified atom stereocenters. The summed E-state index contributed by atoms with van der Waals surface area (Å²) in [4.78, 5) is 12.3. The van der Waals surface area contributed by atoms with E-state index in [0.717, 1.165) is 33.9 Å². The van der Waals surface area contributed by atoms with Gasteiger partial charge in [0.2, 0.25) is 12.7 Å². The first-order chi connectivity index (χ1) is 13.2. The molecule has 1 aliphatic carbocycles. The largest absolute Gasteiger partial charge is 0.454 e. The van der Waals surface area contributed by atoms with E-state index < -0.39 is 0 Å². The molecule has 0 bridgehead atoms. The van der Waals surface area contributed by atoms with E-state index in [1.54, 1.807) is 0 Å². The quantitative estimate of drug-likeness (QED) is 0.723. The third-order valence-corrected chi connectivity index (χ3v) is 4.91. The molecule has 0 radical (unpaired) electrons. The number of hydrogen-bond acceptors (Lipinski definition) is 4. The average Bonchev–Trinajstić information content (AvgIpc) is 3.24. The van der Waals surface area contributed by atoms with E-state index in [1.165, 1.54) is 12.8 Å². The summed E-state index contributed by atoms with van der Waals surface area (Å²) in [6, 6.07) is 15.8. The Labute approximate surface area is 156 Å². The van der Waals surface area contributed by atoms with Crippen molar-refractivity contribution in [2.45, 2.75) is 25.2 Å². The van der Waals surface area contributed by atoms with Gasteiger partial charge in [-0.2, -0.15) is 5.10 Å². The zero-order chi connectivity index (χ0) is 18.2. The number of carbonyl (C=O) groups is 1. The van der Waals surface area contributed by atoms with Crippen LogP contribution in [0.4, 0.5) is 5.82 Å². The second-order valence-corrected chi connectivity index (χ2v) is 6.97. The first-order valence-electron chi connectivity index (χ1n) is 9.09. The van der Waals surface area contributed by atoms with Crippen LogP contribution in [0.2, 0.25) is 0 Å². The van der Waals surface area contributed by atoms with Crippen LogP contribution in [0, 0.1) is 0 Å². The lowest BCUT2D eigenvalue weighted by Crippen LogP contribution is -2.14. The van der Waals surface area contributed by atoms with Crippen molar-refractivity contribution in [3.63, 3.8) is 0 Å². The van der Waals surface area contributed by atoms with Crippen molar-refractivity contribution in [2.24, 2.45) is 0 Å². The van der Waals surface area contributed by atoms with E-state index in [9.17, 15) is 4.79 Å². The van der Waals surface area contributed by atoms with E-state index in [0.29, 0.717) is 18.2 Å². The molecule has 136 valence electrons. The highest BCUT2D eigenvalue weighted by Gasteiger charge is 2.25. The molecule has 2 heterocycles. The second kappa shape index (κ2) is 6.46.